The monoisotopic (exact) mass is 327 g/mol. The molecular formula is C20H29N3O. The highest BCUT2D eigenvalue weighted by molar-refractivity contribution is 5.56. The molecule has 1 aliphatic heterocycles. The fourth-order valence-corrected chi connectivity index (χ4v) is 3.43. The smallest absolute Gasteiger partial charge is 0.133 e. The molecule has 0 saturated heterocycles. The summed E-state index contributed by atoms with van der Waals surface area (Å²) in [6.07, 6.45) is 4.42. The van der Waals surface area contributed by atoms with Gasteiger partial charge in [0.25, 0.3) is 0 Å². The number of rotatable bonds is 6. The van der Waals surface area contributed by atoms with E-state index in [1.165, 1.54) is 41.2 Å². The van der Waals surface area contributed by atoms with Gasteiger partial charge in [-0.25, -0.2) is 4.68 Å². The molecule has 1 aromatic carbocycles. The van der Waals surface area contributed by atoms with Gasteiger partial charge in [-0.3, -0.25) is 0 Å². The highest BCUT2D eigenvalue weighted by atomic mass is 16.5. The van der Waals surface area contributed by atoms with Crippen molar-refractivity contribution in [3.8, 4) is 5.69 Å². The molecule has 4 nitrogen and oxygen atoms in total. The van der Waals surface area contributed by atoms with Gasteiger partial charge in [0.1, 0.15) is 5.82 Å². The molecule has 0 saturated carbocycles. The number of nitrogens with zero attached hydrogens (tertiary/aromatic N) is 2. The van der Waals surface area contributed by atoms with E-state index in [9.17, 15) is 0 Å². The minimum atomic E-state index is 0.471. The Bertz CT molecular complexity index is 676. The molecule has 1 N–H and O–H groups in total. The summed E-state index contributed by atoms with van der Waals surface area (Å²) >= 11 is 0. The molecule has 4 heteroatoms. The predicted molar refractivity (Wildman–Crippen MR) is 99.3 cm³/mol. The van der Waals surface area contributed by atoms with E-state index in [-0.39, 0.29) is 0 Å². The minimum absolute atomic E-state index is 0.471. The van der Waals surface area contributed by atoms with Gasteiger partial charge in [0.2, 0.25) is 0 Å². The van der Waals surface area contributed by atoms with Gasteiger partial charge >= 0.3 is 0 Å². The lowest BCUT2D eigenvalue weighted by Gasteiger charge is -2.15. The van der Waals surface area contributed by atoms with Gasteiger partial charge in [-0.2, -0.15) is 5.10 Å². The fourth-order valence-electron chi connectivity index (χ4n) is 3.43. The Morgan fingerprint density at radius 2 is 2.08 bits per heavy atom. The Hall–Kier alpha value is -1.81. The number of nitrogens with one attached hydrogen (secondary N) is 1. The zero-order chi connectivity index (χ0) is 16.9. The first-order chi connectivity index (χ1) is 11.7. The van der Waals surface area contributed by atoms with E-state index in [0.29, 0.717) is 5.92 Å². The lowest BCUT2D eigenvalue weighted by molar-refractivity contribution is 0.150. The fraction of sp³-hybridized carbons (Fsp3) is 0.550. The molecule has 0 spiro atoms. The third kappa shape index (κ3) is 3.48. The van der Waals surface area contributed by atoms with E-state index in [1.54, 1.807) is 0 Å². The Morgan fingerprint density at radius 1 is 1.25 bits per heavy atom. The van der Waals surface area contributed by atoms with Crippen LogP contribution in [0.15, 0.2) is 24.3 Å². The molecule has 0 aliphatic carbocycles. The molecule has 1 aliphatic rings. The van der Waals surface area contributed by atoms with E-state index in [0.717, 1.165) is 32.6 Å². The molecule has 0 radical (unpaired) electrons. The van der Waals surface area contributed by atoms with Crippen LogP contribution in [0.3, 0.4) is 0 Å². The van der Waals surface area contributed by atoms with Crippen molar-refractivity contribution in [1.29, 1.82) is 0 Å². The van der Waals surface area contributed by atoms with E-state index in [2.05, 4.69) is 48.1 Å². The molecule has 0 amide bonds. The van der Waals surface area contributed by atoms with Crippen molar-refractivity contribution in [3.05, 3.63) is 41.1 Å². The van der Waals surface area contributed by atoms with Gasteiger partial charge in [-0.15, -0.1) is 0 Å². The van der Waals surface area contributed by atoms with Gasteiger partial charge in [-0.05, 0) is 43.7 Å². The maximum absolute atomic E-state index is 5.57. The maximum Gasteiger partial charge on any atom is 0.133 e. The molecule has 0 unspecified atom stereocenters. The van der Waals surface area contributed by atoms with Gasteiger partial charge in [-0.1, -0.05) is 32.0 Å². The third-order valence-electron chi connectivity index (χ3n) is 4.69. The normalized spacial score (nSPS) is 14.3. The summed E-state index contributed by atoms with van der Waals surface area (Å²) in [5.41, 5.74) is 5.10. The van der Waals surface area contributed by atoms with E-state index in [1.807, 2.05) is 6.92 Å². The second-order valence-corrected chi connectivity index (χ2v) is 6.73. The summed E-state index contributed by atoms with van der Waals surface area (Å²) in [5.74, 6) is 1.66. The SMILES string of the molecule is CCOCCc1nn(-c2ccccc2C(C)C)c2c1CCCCN2. The van der Waals surface area contributed by atoms with Gasteiger partial charge < -0.3 is 10.1 Å². The largest absolute Gasteiger partial charge is 0.381 e. The van der Waals surface area contributed by atoms with Crippen molar-refractivity contribution in [3.63, 3.8) is 0 Å². The summed E-state index contributed by atoms with van der Waals surface area (Å²) in [5, 5.41) is 8.62. The van der Waals surface area contributed by atoms with Crippen LogP contribution in [0.25, 0.3) is 5.69 Å². The first kappa shape index (κ1) is 17.0. The van der Waals surface area contributed by atoms with Crippen LogP contribution in [0.5, 0.6) is 0 Å². The van der Waals surface area contributed by atoms with E-state index in [4.69, 9.17) is 9.84 Å². The van der Waals surface area contributed by atoms with Gasteiger partial charge in [0.15, 0.2) is 0 Å². The summed E-state index contributed by atoms with van der Waals surface area (Å²) in [6.45, 7) is 9.05. The average Bonchev–Trinajstić information content (AvgIpc) is 2.77. The predicted octanol–water partition coefficient (Wildman–Crippen LogP) is 4.32. The number of benzene rings is 1. The summed E-state index contributed by atoms with van der Waals surface area (Å²) in [7, 11) is 0. The van der Waals surface area contributed by atoms with Crippen LogP contribution in [0, 0.1) is 0 Å². The van der Waals surface area contributed by atoms with Crippen molar-refractivity contribution >= 4 is 5.82 Å². The molecule has 2 aromatic rings. The molecular weight excluding hydrogens is 298 g/mol. The Morgan fingerprint density at radius 3 is 2.88 bits per heavy atom. The topological polar surface area (TPSA) is 39.1 Å². The molecule has 24 heavy (non-hydrogen) atoms. The first-order valence-corrected chi connectivity index (χ1v) is 9.24. The molecule has 0 bridgehead atoms. The number of ether oxygens (including phenoxy) is 1. The van der Waals surface area contributed by atoms with Crippen molar-refractivity contribution in [2.75, 3.05) is 25.1 Å². The highest BCUT2D eigenvalue weighted by Crippen LogP contribution is 2.31. The van der Waals surface area contributed by atoms with Crippen molar-refractivity contribution < 1.29 is 4.74 Å². The molecule has 2 heterocycles. The molecule has 0 fully saturated rings. The zero-order valence-electron chi connectivity index (χ0n) is 15.1. The molecule has 3 rings (SSSR count). The standard InChI is InChI=1S/C20H29N3O/c1-4-24-14-12-18-17-10-7-8-13-21-20(17)23(22-18)19-11-6-5-9-16(19)15(2)3/h5-6,9,11,15,21H,4,7-8,10,12-14H2,1-3H3. The lowest BCUT2D eigenvalue weighted by atomic mass is 10.0. The van der Waals surface area contributed by atoms with Crippen molar-refractivity contribution in [1.82, 2.24) is 9.78 Å². The number of hydrogen-bond acceptors (Lipinski definition) is 3. The summed E-state index contributed by atoms with van der Waals surface area (Å²) in [4.78, 5) is 0. The van der Waals surface area contributed by atoms with Crippen molar-refractivity contribution in [2.24, 2.45) is 0 Å². The Balaban J connectivity index is 2.04. The number of fused-ring (bicyclic) bond motifs is 1. The Kier molecular flexibility index (Phi) is 5.56. The van der Waals surface area contributed by atoms with Crippen LogP contribution >= 0.6 is 0 Å². The average molecular weight is 327 g/mol. The lowest BCUT2D eigenvalue weighted by Crippen LogP contribution is -2.09. The van der Waals surface area contributed by atoms with E-state index >= 15 is 0 Å². The summed E-state index contributed by atoms with van der Waals surface area (Å²) < 4.78 is 7.70. The van der Waals surface area contributed by atoms with Crippen LogP contribution in [-0.4, -0.2) is 29.5 Å². The van der Waals surface area contributed by atoms with Crippen LogP contribution < -0.4 is 5.32 Å². The van der Waals surface area contributed by atoms with E-state index < -0.39 is 0 Å². The molecule has 0 atom stereocenters. The molecule has 130 valence electrons. The zero-order valence-corrected chi connectivity index (χ0v) is 15.1. The second kappa shape index (κ2) is 7.84. The number of aromatic nitrogens is 2. The van der Waals surface area contributed by atoms with Crippen molar-refractivity contribution in [2.45, 2.75) is 52.4 Å². The highest BCUT2D eigenvalue weighted by Gasteiger charge is 2.22. The Labute approximate surface area is 145 Å². The quantitative estimate of drug-likeness (QED) is 0.803. The maximum atomic E-state index is 5.57. The molecule has 1 aromatic heterocycles. The van der Waals surface area contributed by atoms with Crippen LogP contribution in [0.1, 0.15) is 56.4 Å². The number of para-hydroxylation sites is 1. The third-order valence-corrected chi connectivity index (χ3v) is 4.69. The van der Waals surface area contributed by atoms with Gasteiger partial charge in [0, 0.05) is 25.1 Å². The van der Waals surface area contributed by atoms with Crippen LogP contribution in [0.4, 0.5) is 5.82 Å². The summed E-state index contributed by atoms with van der Waals surface area (Å²) in [6, 6.07) is 8.61. The number of anilines is 1. The first-order valence-electron chi connectivity index (χ1n) is 9.24. The number of hydrogen-bond donors (Lipinski definition) is 1. The van der Waals surface area contributed by atoms with Crippen LogP contribution in [-0.2, 0) is 17.6 Å². The van der Waals surface area contributed by atoms with Crippen LogP contribution in [0.2, 0.25) is 0 Å². The minimum Gasteiger partial charge on any atom is -0.381 e. The van der Waals surface area contributed by atoms with Gasteiger partial charge in [0.05, 0.1) is 18.0 Å². The second-order valence-electron chi connectivity index (χ2n) is 6.73.